The lowest BCUT2D eigenvalue weighted by molar-refractivity contribution is 0.255. The second-order valence-corrected chi connectivity index (χ2v) is 6.36. The first-order valence-corrected chi connectivity index (χ1v) is 8.09. The Morgan fingerprint density at radius 3 is 2.55 bits per heavy atom. The SMILES string of the molecule is O=C=NC1(c2ccc(OCc3ccccc3)c(Br)c2)CCC1. The van der Waals surface area contributed by atoms with E-state index in [1.807, 2.05) is 48.5 Å². The zero-order valence-electron chi connectivity index (χ0n) is 12.1. The van der Waals surface area contributed by atoms with Gasteiger partial charge in [-0.05, 0) is 58.5 Å². The van der Waals surface area contributed by atoms with Crippen LogP contribution in [0.1, 0.15) is 30.4 Å². The number of hydrogen-bond acceptors (Lipinski definition) is 3. The number of hydrogen-bond donors (Lipinski definition) is 0. The van der Waals surface area contributed by atoms with E-state index in [2.05, 4.69) is 20.9 Å². The molecule has 0 unspecified atom stereocenters. The molecular weight excluding hydrogens is 342 g/mol. The van der Waals surface area contributed by atoms with E-state index in [-0.39, 0.29) is 5.54 Å². The Labute approximate surface area is 138 Å². The van der Waals surface area contributed by atoms with Crippen molar-refractivity contribution in [1.29, 1.82) is 0 Å². The van der Waals surface area contributed by atoms with Crippen molar-refractivity contribution in [2.75, 3.05) is 0 Å². The van der Waals surface area contributed by atoms with Crippen LogP contribution >= 0.6 is 15.9 Å². The van der Waals surface area contributed by atoms with E-state index in [1.165, 1.54) is 0 Å². The second-order valence-electron chi connectivity index (χ2n) is 5.51. The van der Waals surface area contributed by atoms with Gasteiger partial charge in [0.2, 0.25) is 6.08 Å². The van der Waals surface area contributed by atoms with Crippen molar-refractivity contribution < 1.29 is 9.53 Å². The molecule has 0 aromatic heterocycles. The van der Waals surface area contributed by atoms with Crippen LogP contribution in [-0.2, 0) is 16.9 Å². The van der Waals surface area contributed by atoms with E-state index < -0.39 is 0 Å². The normalized spacial score (nSPS) is 15.5. The molecule has 0 aliphatic heterocycles. The first-order chi connectivity index (χ1) is 10.7. The fourth-order valence-electron chi connectivity index (χ4n) is 2.71. The molecular formula is C18H16BrNO2. The third kappa shape index (κ3) is 2.99. The summed E-state index contributed by atoms with van der Waals surface area (Å²) in [7, 11) is 0. The average molecular weight is 358 g/mol. The highest BCUT2D eigenvalue weighted by Crippen LogP contribution is 2.46. The molecule has 0 atom stereocenters. The van der Waals surface area contributed by atoms with Gasteiger partial charge in [-0.15, -0.1) is 0 Å². The lowest BCUT2D eigenvalue weighted by Gasteiger charge is -2.37. The van der Waals surface area contributed by atoms with Crippen LogP contribution in [0.2, 0.25) is 0 Å². The van der Waals surface area contributed by atoms with Crippen LogP contribution in [0.3, 0.4) is 0 Å². The number of carbonyl (C=O) groups excluding carboxylic acids is 1. The summed E-state index contributed by atoms with van der Waals surface area (Å²) in [6.45, 7) is 0.524. The van der Waals surface area contributed by atoms with E-state index in [9.17, 15) is 4.79 Å². The minimum absolute atomic E-state index is 0.373. The maximum atomic E-state index is 10.7. The predicted molar refractivity (Wildman–Crippen MR) is 88.6 cm³/mol. The molecule has 1 aliphatic rings. The van der Waals surface area contributed by atoms with E-state index in [0.29, 0.717) is 6.61 Å². The Morgan fingerprint density at radius 1 is 1.18 bits per heavy atom. The third-order valence-corrected chi connectivity index (χ3v) is 4.77. The highest BCUT2D eigenvalue weighted by atomic mass is 79.9. The zero-order chi connectivity index (χ0) is 15.4. The van der Waals surface area contributed by atoms with Crippen molar-refractivity contribution in [3.8, 4) is 5.75 Å². The van der Waals surface area contributed by atoms with E-state index in [0.717, 1.165) is 40.6 Å². The van der Waals surface area contributed by atoms with Crippen molar-refractivity contribution in [3.63, 3.8) is 0 Å². The van der Waals surface area contributed by atoms with E-state index >= 15 is 0 Å². The summed E-state index contributed by atoms with van der Waals surface area (Å²) in [6, 6.07) is 16.0. The Bertz CT molecular complexity index is 704. The number of benzene rings is 2. The number of rotatable bonds is 5. The molecule has 1 saturated carbocycles. The quantitative estimate of drug-likeness (QED) is 0.572. The lowest BCUT2D eigenvalue weighted by atomic mass is 9.72. The average Bonchev–Trinajstić information content (AvgIpc) is 2.51. The fourth-order valence-corrected chi connectivity index (χ4v) is 3.20. The van der Waals surface area contributed by atoms with Gasteiger partial charge in [0.15, 0.2) is 0 Å². The van der Waals surface area contributed by atoms with Crippen LogP contribution in [-0.4, -0.2) is 6.08 Å². The highest BCUT2D eigenvalue weighted by Gasteiger charge is 2.39. The summed E-state index contributed by atoms with van der Waals surface area (Å²) < 4.78 is 6.73. The maximum absolute atomic E-state index is 10.7. The number of halogens is 1. The van der Waals surface area contributed by atoms with Gasteiger partial charge in [0.05, 0.1) is 10.0 Å². The van der Waals surface area contributed by atoms with Crippen molar-refractivity contribution in [2.24, 2.45) is 4.99 Å². The molecule has 2 aromatic rings. The molecule has 3 rings (SSSR count). The molecule has 112 valence electrons. The standard InChI is InChI=1S/C18H16BrNO2/c19-16-11-15(18(20-13-21)9-4-10-18)7-8-17(16)22-12-14-5-2-1-3-6-14/h1-3,5-8,11H,4,9-10,12H2. The molecule has 22 heavy (non-hydrogen) atoms. The maximum Gasteiger partial charge on any atom is 0.235 e. The number of nitrogens with zero attached hydrogens (tertiary/aromatic N) is 1. The largest absolute Gasteiger partial charge is 0.488 e. The van der Waals surface area contributed by atoms with Gasteiger partial charge in [0.1, 0.15) is 12.4 Å². The van der Waals surface area contributed by atoms with Crippen LogP contribution < -0.4 is 4.74 Å². The summed E-state index contributed by atoms with van der Waals surface area (Å²) in [5.74, 6) is 0.789. The van der Waals surface area contributed by atoms with Gasteiger partial charge in [-0.25, -0.2) is 4.79 Å². The fraction of sp³-hybridized carbons (Fsp3) is 0.278. The molecule has 1 aliphatic carbocycles. The Balaban J connectivity index is 1.76. The number of isocyanates is 1. The van der Waals surface area contributed by atoms with Gasteiger partial charge in [-0.2, -0.15) is 4.99 Å². The van der Waals surface area contributed by atoms with E-state index in [1.54, 1.807) is 6.08 Å². The monoisotopic (exact) mass is 357 g/mol. The van der Waals surface area contributed by atoms with Crippen LogP contribution in [0, 0.1) is 0 Å². The van der Waals surface area contributed by atoms with Gasteiger partial charge < -0.3 is 4.74 Å². The molecule has 0 heterocycles. The summed E-state index contributed by atoms with van der Waals surface area (Å²) in [4.78, 5) is 14.7. The summed E-state index contributed by atoms with van der Waals surface area (Å²) >= 11 is 3.55. The van der Waals surface area contributed by atoms with Gasteiger partial charge in [0, 0.05) is 0 Å². The summed E-state index contributed by atoms with van der Waals surface area (Å²) in [5, 5.41) is 0. The Kier molecular flexibility index (Phi) is 4.41. The molecule has 1 fully saturated rings. The van der Waals surface area contributed by atoms with Crippen molar-refractivity contribution in [1.82, 2.24) is 0 Å². The molecule has 0 N–H and O–H groups in total. The van der Waals surface area contributed by atoms with Gasteiger partial charge >= 0.3 is 0 Å². The zero-order valence-corrected chi connectivity index (χ0v) is 13.7. The molecule has 0 radical (unpaired) electrons. The second kappa shape index (κ2) is 6.47. The Hall–Kier alpha value is -1.90. The highest BCUT2D eigenvalue weighted by molar-refractivity contribution is 9.10. The van der Waals surface area contributed by atoms with Crippen LogP contribution in [0.25, 0.3) is 0 Å². The molecule has 0 saturated heterocycles. The van der Waals surface area contributed by atoms with Gasteiger partial charge in [-0.1, -0.05) is 36.4 Å². The van der Waals surface area contributed by atoms with Crippen molar-refractivity contribution >= 4 is 22.0 Å². The van der Waals surface area contributed by atoms with Crippen molar-refractivity contribution in [3.05, 3.63) is 64.1 Å². The molecule has 2 aromatic carbocycles. The Morgan fingerprint density at radius 2 is 1.95 bits per heavy atom. The summed E-state index contributed by atoms with van der Waals surface area (Å²) in [6.07, 6.45) is 4.61. The molecule has 0 bridgehead atoms. The lowest BCUT2D eigenvalue weighted by Crippen LogP contribution is -2.31. The number of ether oxygens (including phenoxy) is 1. The van der Waals surface area contributed by atoms with Gasteiger partial charge in [-0.3, -0.25) is 0 Å². The summed E-state index contributed by atoms with van der Waals surface area (Å²) in [5.41, 5.74) is 1.79. The minimum Gasteiger partial charge on any atom is -0.488 e. The van der Waals surface area contributed by atoms with E-state index in [4.69, 9.17) is 4.74 Å². The first kappa shape index (κ1) is 15.0. The predicted octanol–water partition coefficient (Wildman–Crippen LogP) is 4.74. The molecule has 4 heteroatoms. The van der Waals surface area contributed by atoms with Crippen LogP contribution in [0.5, 0.6) is 5.75 Å². The third-order valence-electron chi connectivity index (χ3n) is 4.15. The number of aliphatic imine (C=N–C) groups is 1. The first-order valence-electron chi connectivity index (χ1n) is 7.29. The smallest absolute Gasteiger partial charge is 0.235 e. The topological polar surface area (TPSA) is 38.7 Å². The molecule has 3 nitrogen and oxygen atoms in total. The van der Waals surface area contributed by atoms with Crippen LogP contribution in [0.15, 0.2) is 58.0 Å². The van der Waals surface area contributed by atoms with Crippen molar-refractivity contribution in [2.45, 2.75) is 31.4 Å². The van der Waals surface area contributed by atoms with Crippen LogP contribution in [0.4, 0.5) is 0 Å². The van der Waals surface area contributed by atoms with Gasteiger partial charge in [0.25, 0.3) is 0 Å². The molecule has 0 amide bonds. The minimum atomic E-state index is -0.373. The molecule has 0 spiro atoms.